The van der Waals surface area contributed by atoms with Crippen LogP contribution in [0.1, 0.15) is 5.69 Å². The second kappa shape index (κ2) is 6.07. The van der Waals surface area contributed by atoms with E-state index in [4.69, 9.17) is 15.3 Å². The van der Waals surface area contributed by atoms with Crippen molar-refractivity contribution in [2.45, 2.75) is 6.61 Å². The molecule has 2 heterocycles. The topological polar surface area (TPSA) is 95.2 Å². The summed E-state index contributed by atoms with van der Waals surface area (Å²) < 4.78 is 10.1. The minimum absolute atomic E-state index is 0.383. The van der Waals surface area contributed by atoms with Crippen LogP contribution < -0.4 is 16.0 Å². The number of ether oxygens (including phenoxy) is 2. The van der Waals surface area contributed by atoms with Crippen molar-refractivity contribution in [2.24, 2.45) is 5.84 Å². The lowest BCUT2D eigenvalue weighted by atomic mass is 10.2. The molecule has 0 aliphatic heterocycles. The first kappa shape index (κ1) is 13.2. The number of aromatic nitrogens is 3. The highest BCUT2D eigenvalue weighted by molar-refractivity contribution is 5.56. The first-order valence-corrected chi connectivity index (χ1v) is 5.60. The van der Waals surface area contributed by atoms with Crippen LogP contribution >= 0.6 is 0 Å². The summed E-state index contributed by atoms with van der Waals surface area (Å²) in [6.07, 6.45) is 1.64. The molecular weight excluding hydrogens is 246 g/mol. The Labute approximate surface area is 110 Å². The van der Waals surface area contributed by atoms with Gasteiger partial charge in [0.25, 0.3) is 0 Å². The number of nitrogens with two attached hydrogens (primary N) is 1. The second-order valence-corrected chi connectivity index (χ2v) is 3.73. The predicted molar refractivity (Wildman–Crippen MR) is 70.3 cm³/mol. The Bertz CT molecular complexity index is 544. The molecule has 0 radical (unpaired) electrons. The number of hydrazine groups is 1. The molecule has 0 fully saturated rings. The van der Waals surface area contributed by atoms with Crippen LogP contribution in [0.2, 0.25) is 0 Å². The Morgan fingerprint density at radius 1 is 1.26 bits per heavy atom. The lowest BCUT2D eigenvalue weighted by Gasteiger charge is -2.07. The molecule has 7 heteroatoms. The molecule has 0 unspecified atom stereocenters. The van der Waals surface area contributed by atoms with Crippen LogP contribution in [0.15, 0.2) is 24.4 Å². The fourth-order valence-electron chi connectivity index (χ4n) is 1.56. The summed E-state index contributed by atoms with van der Waals surface area (Å²) in [6, 6.07) is 5.30. The average Bonchev–Trinajstić information content (AvgIpc) is 2.47. The van der Waals surface area contributed by atoms with E-state index in [0.717, 1.165) is 11.3 Å². The van der Waals surface area contributed by atoms with Crippen LogP contribution in [0.4, 0.5) is 5.82 Å². The first-order valence-electron chi connectivity index (χ1n) is 5.60. The number of hydrogen-bond acceptors (Lipinski definition) is 7. The monoisotopic (exact) mass is 261 g/mol. The van der Waals surface area contributed by atoms with E-state index in [1.54, 1.807) is 32.5 Å². The highest BCUT2D eigenvalue weighted by Crippen LogP contribution is 2.19. The number of hydrogen-bond donors (Lipinski definition) is 2. The predicted octanol–water partition coefficient (Wildman–Crippen LogP) is 0.979. The zero-order chi connectivity index (χ0) is 13.7. The summed E-state index contributed by atoms with van der Waals surface area (Å²) in [5.74, 6) is 6.97. The van der Waals surface area contributed by atoms with Gasteiger partial charge in [0.05, 0.1) is 19.4 Å². The van der Waals surface area contributed by atoms with E-state index in [1.807, 2.05) is 6.07 Å². The van der Waals surface area contributed by atoms with Crippen molar-refractivity contribution in [3.63, 3.8) is 0 Å². The van der Waals surface area contributed by atoms with Crippen molar-refractivity contribution < 1.29 is 9.47 Å². The number of nitrogens with zero attached hydrogens (tertiary/aromatic N) is 3. The maximum atomic E-state index is 5.39. The van der Waals surface area contributed by atoms with Crippen molar-refractivity contribution in [3.8, 4) is 17.3 Å². The van der Waals surface area contributed by atoms with Crippen LogP contribution in [0.5, 0.6) is 5.88 Å². The molecule has 2 aromatic heterocycles. The van der Waals surface area contributed by atoms with Crippen LogP contribution in [0.3, 0.4) is 0 Å². The summed E-state index contributed by atoms with van der Waals surface area (Å²) in [5, 5.41) is 0. The van der Waals surface area contributed by atoms with Gasteiger partial charge in [-0.2, -0.15) is 0 Å². The molecule has 0 saturated carbocycles. The maximum absolute atomic E-state index is 5.39. The van der Waals surface area contributed by atoms with Crippen molar-refractivity contribution in [1.82, 2.24) is 15.0 Å². The van der Waals surface area contributed by atoms with Crippen molar-refractivity contribution in [1.29, 1.82) is 0 Å². The minimum atomic E-state index is 0.383. The molecule has 0 aliphatic rings. The van der Waals surface area contributed by atoms with Gasteiger partial charge < -0.3 is 14.9 Å². The third-order valence-corrected chi connectivity index (χ3v) is 2.42. The standard InChI is InChI=1S/C12H15N5O2/c1-18-7-9-5-10(17-13)16-12(15-9)8-3-4-11(19-2)14-6-8/h3-6H,7,13H2,1-2H3,(H,15,16,17). The summed E-state index contributed by atoms with van der Waals surface area (Å²) in [4.78, 5) is 12.8. The van der Waals surface area contributed by atoms with E-state index in [-0.39, 0.29) is 0 Å². The molecule has 0 saturated heterocycles. The van der Waals surface area contributed by atoms with Crippen molar-refractivity contribution >= 4 is 5.82 Å². The van der Waals surface area contributed by atoms with Crippen LogP contribution in [-0.4, -0.2) is 29.2 Å². The summed E-state index contributed by atoms with van der Waals surface area (Å²) in [6.45, 7) is 0.383. The lowest BCUT2D eigenvalue weighted by Crippen LogP contribution is -2.11. The third-order valence-electron chi connectivity index (χ3n) is 2.42. The zero-order valence-electron chi connectivity index (χ0n) is 10.8. The van der Waals surface area contributed by atoms with Gasteiger partial charge in [-0.1, -0.05) is 0 Å². The van der Waals surface area contributed by atoms with Gasteiger partial charge in [-0.3, -0.25) is 0 Å². The van der Waals surface area contributed by atoms with Gasteiger partial charge in [0.1, 0.15) is 5.82 Å². The number of nitrogen functional groups attached to an aromatic ring is 1. The van der Waals surface area contributed by atoms with Gasteiger partial charge in [0.2, 0.25) is 5.88 Å². The van der Waals surface area contributed by atoms with E-state index in [9.17, 15) is 0 Å². The van der Waals surface area contributed by atoms with Gasteiger partial charge in [0, 0.05) is 31.0 Å². The molecule has 2 rings (SSSR count). The second-order valence-electron chi connectivity index (χ2n) is 3.73. The van der Waals surface area contributed by atoms with E-state index in [1.165, 1.54) is 0 Å². The molecule has 0 aromatic carbocycles. The third kappa shape index (κ3) is 3.15. The Morgan fingerprint density at radius 2 is 2.11 bits per heavy atom. The Kier molecular flexibility index (Phi) is 4.22. The molecule has 19 heavy (non-hydrogen) atoms. The summed E-state index contributed by atoms with van der Waals surface area (Å²) >= 11 is 0. The molecule has 3 N–H and O–H groups in total. The van der Waals surface area contributed by atoms with Gasteiger partial charge in [-0.25, -0.2) is 20.8 Å². The Hall–Kier alpha value is -2.25. The summed E-state index contributed by atoms with van der Waals surface area (Å²) in [7, 11) is 3.17. The summed E-state index contributed by atoms with van der Waals surface area (Å²) in [5.41, 5.74) is 4.01. The van der Waals surface area contributed by atoms with Crippen LogP contribution in [0, 0.1) is 0 Å². The van der Waals surface area contributed by atoms with Gasteiger partial charge in [-0.05, 0) is 6.07 Å². The Morgan fingerprint density at radius 3 is 2.68 bits per heavy atom. The van der Waals surface area contributed by atoms with Crippen molar-refractivity contribution in [3.05, 3.63) is 30.1 Å². The number of pyridine rings is 1. The molecule has 0 bridgehead atoms. The normalized spacial score (nSPS) is 10.3. The molecular formula is C12H15N5O2. The largest absolute Gasteiger partial charge is 0.481 e. The SMILES string of the molecule is COCc1cc(NN)nc(-c2ccc(OC)nc2)n1. The highest BCUT2D eigenvalue weighted by atomic mass is 16.5. The van der Waals surface area contributed by atoms with E-state index < -0.39 is 0 Å². The number of rotatable bonds is 5. The lowest BCUT2D eigenvalue weighted by molar-refractivity contribution is 0.181. The number of methoxy groups -OCH3 is 2. The molecule has 0 spiro atoms. The highest BCUT2D eigenvalue weighted by Gasteiger charge is 2.07. The smallest absolute Gasteiger partial charge is 0.212 e. The zero-order valence-corrected chi connectivity index (χ0v) is 10.8. The van der Waals surface area contributed by atoms with E-state index >= 15 is 0 Å². The van der Waals surface area contributed by atoms with E-state index in [2.05, 4.69) is 20.4 Å². The molecule has 0 atom stereocenters. The van der Waals surface area contributed by atoms with Gasteiger partial charge >= 0.3 is 0 Å². The van der Waals surface area contributed by atoms with Crippen LogP contribution in [-0.2, 0) is 11.3 Å². The van der Waals surface area contributed by atoms with Crippen molar-refractivity contribution in [2.75, 3.05) is 19.6 Å². The fourth-order valence-corrected chi connectivity index (χ4v) is 1.56. The fraction of sp³-hybridized carbons (Fsp3) is 0.250. The van der Waals surface area contributed by atoms with E-state index in [0.29, 0.717) is 24.1 Å². The quantitative estimate of drug-likeness (QED) is 0.611. The molecule has 0 amide bonds. The molecule has 100 valence electrons. The number of anilines is 1. The van der Waals surface area contributed by atoms with Gasteiger partial charge in [0.15, 0.2) is 5.82 Å². The minimum Gasteiger partial charge on any atom is -0.481 e. The molecule has 7 nitrogen and oxygen atoms in total. The molecule has 0 aliphatic carbocycles. The maximum Gasteiger partial charge on any atom is 0.212 e. The Balaban J connectivity index is 2.38. The van der Waals surface area contributed by atoms with Crippen LogP contribution in [0.25, 0.3) is 11.4 Å². The molecule has 2 aromatic rings. The average molecular weight is 261 g/mol. The van der Waals surface area contributed by atoms with Gasteiger partial charge in [-0.15, -0.1) is 0 Å². The number of nitrogens with one attached hydrogen (secondary N) is 1. The first-order chi connectivity index (χ1) is 9.26.